The number of non-ortho nitro benzene ring substituents is 1. The molecule has 0 aliphatic heterocycles. The zero-order valence-corrected chi connectivity index (χ0v) is 7.97. The van der Waals surface area contributed by atoms with Crippen LogP contribution in [0.5, 0.6) is 5.75 Å². The van der Waals surface area contributed by atoms with Gasteiger partial charge >= 0.3 is 0 Å². The van der Waals surface area contributed by atoms with E-state index in [1.165, 1.54) is 6.07 Å². The van der Waals surface area contributed by atoms with Crippen molar-refractivity contribution in [2.45, 2.75) is 6.92 Å². The lowest BCUT2D eigenvalue weighted by molar-refractivity contribution is -0.384. The van der Waals surface area contributed by atoms with Crippen LogP contribution in [0.1, 0.15) is 5.56 Å². The van der Waals surface area contributed by atoms with Crippen LogP contribution in [-0.4, -0.2) is 15.0 Å². The predicted molar refractivity (Wildman–Crippen MR) is 54.8 cm³/mol. The largest absolute Gasteiger partial charge is 0.505 e. The SMILES string of the molecule is Cc1ccnc2c(O)cc([N+](=O)[O-])cc12. The zero-order valence-electron chi connectivity index (χ0n) is 7.97. The smallest absolute Gasteiger partial charge is 0.273 e. The standard InChI is InChI=1S/C10H8N2O3/c1-6-2-3-11-10-8(6)4-7(12(14)15)5-9(10)13/h2-5,13H,1H3. The molecule has 0 amide bonds. The van der Waals surface area contributed by atoms with Crippen LogP contribution in [0.2, 0.25) is 0 Å². The first-order valence-corrected chi connectivity index (χ1v) is 4.32. The number of pyridine rings is 1. The Labute approximate surface area is 85.1 Å². The first-order valence-electron chi connectivity index (χ1n) is 4.32. The highest BCUT2D eigenvalue weighted by Gasteiger charge is 2.12. The molecular formula is C10H8N2O3. The number of aromatic hydroxyl groups is 1. The number of rotatable bonds is 1. The summed E-state index contributed by atoms with van der Waals surface area (Å²) in [4.78, 5) is 14.0. The molecule has 0 spiro atoms. The maximum absolute atomic E-state index is 10.6. The molecule has 0 fully saturated rings. The quantitative estimate of drug-likeness (QED) is 0.570. The van der Waals surface area contributed by atoms with Crippen LogP contribution in [0.3, 0.4) is 0 Å². The topological polar surface area (TPSA) is 76.3 Å². The number of benzene rings is 1. The molecule has 1 N–H and O–H groups in total. The van der Waals surface area contributed by atoms with Crippen molar-refractivity contribution >= 4 is 16.6 Å². The molecule has 0 unspecified atom stereocenters. The van der Waals surface area contributed by atoms with E-state index in [0.29, 0.717) is 10.9 Å². The third kappa shape index (κ3) is 1.48. The minimum absolute atomic E-state index is 0.129. The van der Waals surface area contributed by atoms with Gasteiger partial charge in [0.1, 0.15) is 11.3 Å². The highest BCUT2D eigenvalue weighted by atomic mass is 16.6. The van der Waals surface area contributed by atoms with Gasteiger partial charge in [0.25, 0.3) is 5.69 Å². The van der Waals surface area contributed by atoms with Gasteiger partial charge in [0.05, 0.1) is 11.0 Å². The Morgan fingerprint density at radius 1 is 1.47 bits per heavy atom. The van der Waals surface area contributed by atoms with Crippen molar-refractivity contribution in [2.24, 2.45) is 0 Å². The summed E-state index contributed by atoms with van der Waals surface area (Å²) in [5.74, 6) is -0.164. The summed E-state index contributed by atoms with van der Waals surface area (Å²) in [6.45, 7) is 1.81. The van der Waals surface area contributed by atoms with Crippen LogP contribution in [0.15, 0.2) is 24.4 Å². The summed E-state index contributed by atoms with van der Waals surface area (Å²) in [5.41, 5.74) is 1.11. The second kappa shape index (κ2) is 3.20. The summed E-state index contributed by atoms with van der Waals surface area (Å²) < 4.78 is 0. The van der Waals surface area contributed by atoms with Crippen molar-refractivity contribution in [3.63, 3.8) is 0 Å². The Bertz CT molecular complexity index is 552. The van der Waals surface area contributed by atoms with E-state index in [1.54, 1.807) is 12.3 Å². The van der Waals surface area contributed by atoms with Gasteiger partial charge in [-0.15, -0.1) is 0 Å². The van der Waals surface area contributed by atoms with Crippen LogP contribution >= 0.6 is 0 Å². The molecule has 2 aromatic rings. The van der Waals surface area contributed by atoms with Gasteiger partial charge in [-0.05, 0) is 18.6 Å². The number of phenols is 1. The van der Waals surface area contributed by atoms with Crippen LogP contribution < -0.4 is 0 Å². The Morgan fingerprint density at radius 2 is 2.20 bits per heavy atom. The second-order valence-corrected chi connectivity index (χ2v) is 3.25. The molecular weight excluding hydrogens is 196 g/mol. The van der Waals surface area contributed by atoms with Crippen molar-refractivity contribution in [3.8, 4) is 5.75 Å². The van der Waals surface area contributed by atoms with E-state index >= 15 is 0 Å². The van der Waals surface area contributed by atoms with Crippen molar-refractivity contribution in [1.29, 1.82) is 0 Å². The Balaban J connectivity index is 2.85. The van der Waals surface area contributed by atoms with Gasteiger partial charge < -0.3 is 5.11 Å². The van der Waals surface area contributed by atoms with Gasteiger partial charge in [0, 0.05) is 17.6 Å². The average Bonchev–Trinajstić information content (AvgIpc) is 2.19. The van der Waals surface area contributed by atoms with Crippen LogP contribution in [0.25, 0.3) is 10.9 Å². The van der Waals surface area contributed by atoms with Gasteiger partial charge in [-0.25, -0.2) is 0 Å². The fourth-order valence-electron chi connectivity index (χ4n) is 1.46. The van der Waals surface area contributed by atoms with Gasteiger partial charge in [-0.1, -0.05) is 0 Å². The second-order valence-electron chi connectivity index (χ2n) is 3.25. The number of fused-ring (bicyclic) bond motifs is 1. The maximum atomic E-state index is 10.6. The van der Waals surface area contributed by atoms with E-state index in [1.807, 2.05) is 6.92 Å². The van der Waals surface area contributed by atoms with Crippen LogP contribution in [0, 0.1) is 17.0 Å². The van der Waals surface area contributed by atoms with Crippen LogP contribution in [0.4, 0.5) is 5.69 Å². The molecule has 0 radical (unpaired) electrons. The van der Waals surface area contributed by atoms with E-state index in [-0.39, 0.29) is 11.4 Å². The van der Waals surface area contributed by atoms with Crippen molar-refractivity contribution in [3.05, 3.63) is 40.1 Å². The number of hydrogen-bond donors (Lipinski definition) is 1. The predicted octanol–water partition coefficient (Wildman–Crippen LogP) is 2.16. The molecule has 1 aromatic carbocycles. The summed E-state index contributed by atoms with van der Waals surface area (Å²) in [5, 5.41) is 20.7. The molecule has 5 nitrogen and oxygen atoms in total. The fraction of sp³-hybridized carbons (Fsp3) is 0.100. The molecule has 0 aliphatic rings. The molecule has 15 heavy (non-hydrogen) atoms. The Hall–Kier alpha value is -2.17. The number of phenolic OH excluding ortho intramolecular Hbond substituents is 1. The molecule has 0 bridgehead atoms. The van der Waals surface area contributed by atoms with Crippen molar-refractivity contribution in [2.75, 3.05) is 0 Å². The summed E-state index contributed by atoms with van der Waals surface area (Å²) in [6.07, 6.45) is 1.56. The Morgan fingerprint density at radius 3 is 2.87 bits per heavy atom. The fourth-order valence-corrected chi connectivity index (χ4v) is 1.46. The van der Waals surface area contributed by atoms with Gasteiger partial charge in [0.15, 0.2) is 0 Å². The molecule has 0 aliphatic carbocycles. The number of aryl methyl sites for hydroxylation is 1. The van der Waals surface area contributed by atoms with Crippen LogP contribution in [-0.2, 0) is 0 Å². The Kier molecular flexibility index (Phi) is 2.00. The maximum Gasteiger partial charge on any atom is 0.273 e. The normalized spacial score (nSPS) is 10.5. The number of nitro benzene ring substituents is 1. The molecule has 5 heteroatoms. The van der Waals surface area contributed by atoms with E-state index in [0.717, 1.165) is 11.6 Å². The summed E-state index contributed by atoms with van der Waals surface area (Å²) >= 11 is 0. The van der Waals surface area contributed by atoms with Gasteiger partial charge in [0.2, 0.25) is 0 Å². The lowest BCUT2D eigenvalue weighted by Gasteiger charge is -2.02. The minimum Gasteiger partial charge on any atom is -0.505 e. The minimum atomic E-state index is -0.536. The van der Waals surface area contributed by atoms with E-state index in [4.69, 9.17) is 0 Å². The molecule has 0 saturated carbocycles. The molecule has 76 valence electrons. The highest BCUT2D eigenvalue weighted by Crippen LogP contribution is 2.29. The molecule has 1 heterocycles. The first kappa shape index (κ1) is 9.39. The van der Waals surface area contributed by atoms with Gasteiger partial charge in [-0.2, -0.15) is 0 Å². The van der Waals surface area contributed by atoms with Gasteiger partial charge in [-0.3, -0.25) is 15.1 Å². The number of nitro groups is 1. The molecule has 0 atom stereocenters. The van der Waals surface area contributed by atoms with Crippen molar-refractivity contribution in [1.82, 2.24) is 4.98 Å². The first-order chi connectivity index (χ1) is 7.09. The molecule has 0 saturated heterocycles. The number of nitrogens with zero attached hydrogens (tertiary/aromatic N) is 2. The zero-order chi connectivity index (χ0) is 11.0. The van der Waals surface area contributed by atoms with Crippen molar-refractivity contribution < 1.29 is 10.0 Å². The summed E-state index contributed by atoms with van der Waals surface area (Å²) in [7, 11) is 0. The summed E-state index contributed by atoms with van der Waals surface area (Å²) in [6, 6.07) is 4.26. The van der Waals surface area contributed by atoms with E-state index in [2.05, 4.69) is 4.98 Å². The number of aromatic nitrogens is 1. The lowest BCUT2D eigenvalue weighted by Crippen LogP contribution is -1.90. The molecule has 1 aromatic heterocycles. The van der Waals surface area contributed by atoms with E-state index in [9.17, 15) is 15.2 Å². The third-order valence-electron chi connectivity index (χ3n) is 2.24. The average molecular weight is 204 g/mol. The molecule has 2 rings (SSSR count). The monoisotopic (exact) mass is 204 g/mol. The lowest BCUT2D eigenvalue weighted by atomic mass is 10.1. The number of hydrogen-bond acceptors (Lipinski definition) is 4. The highest BCUT2D eigenvalue weighted by molar-refractivity contribution is 5.89. The third-order valence-corrected chi connectivity index (χ3v) is 2.24. The van der Waals surface area contributed by atoms with E-state index < -0.39 is 4.92 Å².